The molecule has 3 heteroatoms. The van der Waals surface area contributed by atoms with Crippen LogP contribution in [-0.2, 0) is 12.5 Å². The van der Waals surface area contributed by atoms with Crippen molar-refractivity contribution >= 4 is 0 Å². The number of aryl methyl sites for hydroxylation is 1. The number of nitrogens with zero attached hydrogens (tertiary/aromatic N) is 2. The van der Waals surface area contributed by atoms with Gasteiger partial charge in [0.1, 0.15) is 0 Å². The molecule has 0 spiro atoms. The van der Waals surface area contributed by atoms with Crippen molar-refractivity contribution in [3.8, 4) is 17.1 Å². The van der Waals surface area contributed by atoms with Gasteiger partial charge in [0.05, 0.1) is 5.69 Å². The van der Waals surface area contributed by atoms with Gasteiger partial charge in [0, 0.05) is 18.7 Å². The lowest BCUT2D eigenvalue weighted by Crippen LogP contribution is -2.10. The number of aromatic hydroxyl groups is 1. The molecule has 0 bridgehead atoms. The molecule has 17 heavy (non-hydrogen) atoms. The third-order valence-electron chi connectivity index (χ3n) is 2.90. The molecule has 90 valence electrons. The van der Waals surface area contributed by atoms with Crippen molar-refractivity contribution in [3.63, 3.8) is 0 Å². The SMILES string of the molecule is Cn1nc(-c2ccc(C(C)(C)C)cc2)cc1O. The first kappa shape index (κ1) is 11.7. The van der Waals surface area contributed by atoms with Crippen LogP contribution in [0.2, 0.25) is 0 Å². The molecular weight excluding hydrogens is 212 g/mol. The molecule has 0 saturated heterocycles. The van der Waals surface area contributed by atoms with Crippen molar-refractivity contribution < 1.29 is 5.11 Å². The fraction of sp³-hybridized carbons (Fsp3) is 0.357. The van der Waals surface area contributed by atoms with E-state index in [1.54, 1.807) is 13.1 Å². The zero-order chi connectivity index (χ0) is 12.6. The Morgan fingerprint density at radius 1 is 1.12 bits per heavy atom. The Balaban J connectivity index is 2.36. The van der Waals surface area contributed by atoms with Crippen LogP contribution in [0.4, 0.5) is 0 Å². The van der Waals surface area contributed by atoms with E-state index in [2.05, 4.69) is 38.0 Å². The van der Waals surface area contributed by atoms with Crippen LogP contribution in [0.1, 0.15) is 26.3 Å². The molecule has 1 heterocycles. The van der Waals surface area contributed by atoms with Crippen LogP contribution in [0.5, 0.6) is 5.88 Å². The Hall–Kier alpha value is -1.77. The molecule has 0 aliphatic rings. The summed E-state index contributed by atoms with van der Waals surface area (Å²) in [6.07, 6.45) is 0. The van der Waals surface area contributed by atoms with Crippen molar-refractivity contribution in [1.82, 2.24) is 9.78 Å². The van der Waals surface area contributed by atoms with Crippen molar-refractivity contribution in [2.75, 3.05) is 0 Å². The van der Waals surface area contributed by atoms with Crippen LogP contribution in [-0.4, -0.2) is 14.9 Å². The van der Waals surface area contributed by atoms with Crippen LogP contribution in [0, 0.1) is 0 Å². The third-order valence-corrected chi connectivity index (χ3v) is 2.90. The first-order valence-electron chi connectivity index (χ1n) is 5.72. The monoisotopic (exact) mass is 230 g/mol. The van der Waals surface area contributed by atoms with Crippen molar-refractivity contribution in [2.24, 2.45) is 7.05 Å². The van der Waals surface area contributed by atoms with Gasteiger partial charge in [0.15, 0.2) is 0 Å². The molecule has 1 aromatic heterocycles. The quantitative estimate of drug-likeness (QED) is 0.817. The van der Waals surface area contributed by atoms with Crippen molar-refractivity contribution in [1.29, 1.82) is 0 Å². The van der Waals surface area contributed by atoms with Gasteiger partial charge in [-0.1, -0.05) is 45.0 Å². The number of hydrogen-bond acceptors (Lipinski definition) is 2. The highest BCUT2D eigenvalue weighted by atomic mass is 16.3. The van der Waals surface area contributed by atoms with E-state index in [1.165, 1.54) is 10.2 Å². The number of aromatic nitrogens is 2. The predicted molar refractivity (Wildman–Crippen MR) is 69.0 cm³/mol. The Bertz CT molecular complexity index is 499. The normalized spacial score (nSPS) is 11.8. The molecule has 0 atom stereocenters. The molecule has 0 unspecified atom stereocenters. The van der Waals surface area contributed by atoms with E-state index in [0.717, 1.165) is 11.3 Å². The van der Waals surface area contributed by atoms with Crippen LogP contribution in [0.3, 0.4) is 0 Å². The molecule has 1 N–H and O–H groups in total. The molecule has 0 aliphatic carbocycles. The minimum absolute atomic E-state index is 0.158. The lowest BCUT2D eigenvalue weighted by Gasteiger charge is -2.18. The smallest absolute Gasteiger partial charge is 0.209 e. The van der Waals surface area contributed by atoms with Gasteiger partial charge in [0.2, 0.25) is 5.88 Å². The van der Waals surface area contributed by atoms with E-state index in [-0.39, 0.29) is 11.3 Å². The zero-order valence-electron chi connectivity index (χ0n) is 10.7. The molecule has 1 aromatic carbocycles. The molecule has 0 fully saturated rings. The molecule has 0 radical (unpaired) electrons. The molecule has 0 aliphatic heterocycles. The maximum Gasteiger partial charge on any atom is 0.209 e. The van der Waals surface area contributed by atoms with Crippen LogP contribution in [0.15, 0.2) is 30.3 Å². The van der Waals surface area contributed by atoms with Gasteiger partial charge in [-0.3, -0.25) is 0 Å². The second kappa shape index (κ2) is 3.91. The number of benzene rings is 1. The molecule has 0 amide bonds. The van der Waals surface area contributed by atoms with Gasteiger partial charge < -0.3 is 5.11 Å². The molecule has 0 saturated carbocycles. The van der Waals surface area contributed by atoms with Gasteiger partial charge in [0.25, 0.3) is 0 Å². The summed E-state index contributed by atoms with van der Waals surface area (Å²) < 4.78 is 1.47. The highest BCUT2D eigenvalue weighted by molar-refractivity contribution is 5.60. The fourth-order valence-corrected chi connectivity index (χ4v) is 1.74. The van der Waals surface area contributed by atoms with E-state index in [1.807, 2.05) is 12.1 Å². The summed E-state index contributed by atoms with van der Waals surface area (Å²) in [6, 6.07) is 9.99. The summed E-state index contributed by atoms with van der Waals surface area (Å²) in [7, 11) is 1.72. The lowest BCUT2D eigenvalue weighted by molar-refractivity contribution is 0.419. The van der Waals surface area contributed by atoms with Gasteiger partial charge in [-0.15, -0.1) is 0 Å². The Morgan fingerprint density at radius 2 is 1.71 bits per heavy atom. The molecule has 2 rings (SSSR count). The van der Waals surface area contributed by atoms with Crippen LogP contribution < -0.4 is 0 Å². The second-order valence-electron chi connectivity index (χ2n) is 5.34. The topological polar surface area (TPSA) is 38.0 Å². The summed E-state index contributed by atoms with van der Waals surface area (Å²) in [5.41, 5.74) is 3.27. The Kier molecular flexibility index (Phi) is 2.69. The summed E-state index contributed by atoms with van der Waals surface area (Å²) in [5.74, 6) is 0.180. The fourth-order valence-electron chi connectivity index (χ4n) is 1.74. The summed E-state index contributed by atoms with van der Waals surface area (Å²) in [6.45, 7) is 6.57. The zero-order valence-corrected chi connectivity index (χ0v) is 10.7. The van der Waals surface area contributed by atoms with Crippen LogP contribution >= 0.6 is 0 Å². The third kappa shape index (κ3) is 2.33. The Morgan fingerprint density at radius 3 is 2.12 bits per heavy atom. The molecule has 2 aromatic rings. The maximum atomic E-state index is 9.49. The average Bonchev–Trinajstić information content (AvgIpc) is 2.58. The standard InChI is InChI=1S/C14H18N2O/c1-14(2,3)11-7-5-10(6-8-11)12-9-13(17)16(4)15-12/h5-9,17H,1-4H3. The first-order chi connectivity index (χ1) is 7.88. The van der Waals surface area contributed by atoms with Gasteiger partial charge in [-0.25, -0.2) is 4.68 Å². The number of rotatable bonds is 1. The molecular formula is C14H18N2O. The largest absolute Gasteiger partial charge is 0.493 e. The summed E-state index contributed by atoms with van der Waals surface area (Å²) in [4.78, 5) is 0. The lowest BCUT2D eigenvalue weighted by atomic mass is 9.86. The number of hydrogen-bond donors (Lipinski definition) is 1. The van der Waals surface area contributed by atoms with E-state index in [9.17, 15) is 5.11 Å². The molecule has 3 nitrogen and oxygen atoms in total. The van der Waals surface area contributed by atoms with Gasteiger partial charge >= 0.3 is 0 Å². The highest BCUT2D eigenvalue weighted by Gasteiger charge is 2.13. The van der Waals surface area contributed by atoms with Crippen LogP contribution in [0.25, 0.3) is 11.3 Å². The summed E-state index contributed by atoms with van der Waals surface area (Å²) >= 11 is 0. The van der Waals surface area contributed by atoms with Crippen molar-refractivity contribution in [2.45, 2.75) is 26.2 Å². The first-order valence-corrected chi connectivity index (χ1v) is 5.72. The van der Waals surface area contributed by atoms with Crippen molar-refractivity contribution in [3.05, 3.63) is 35.9 Å². The van der Waals surface area contributed by atoms with Gasteiger partial charge in [-0.05, 0) is 11.0 Å². The average molecular weight is 230 g/mol. The maximum absolute atomic E-state index is 9.49. The highest BCUT2D eigenvalue weighted by Crippen LogP contribution is 2.26. The second-order valence-corrected chi connectivity index (χ2v) is 5.34. The van der Waals surface area contributed by atoms with Gasteiger partial charge in [-0.2, -0.15) is 5.10 Å². The van der Waals surface area contributed by atoms with E-state index in [0.29, 0.717) is 0 Å². The Labute approximate surface area is 102 Å². The summed E-state index contributed by atoms with van der Waals surface area (Å²) in [5, 5.41) is 13.7. The predicted octanol–water partition coefficient (Wildman–Crippen LogP) is 3.09. The van der Waals surface area contributed by atoms with E-state index < -0.39 is 0 Å². The van der Waals surface area contributed by atoms with E-state index >= 15 is 0 Å². The minimum Gasteiger partial charge on any atom is -0.493 e. The minimum atomic E-state index is 0.158. The van der Waals surface area contributed by atoms with E-state index in [4.69, 9.17) is 0 Å².